The quantitative estimate of drug-likeness (QED) is 0.440. The van der Waals surface area contributed by atoms with Crippen molar-refractivity contribution in [2.24, 2.45) is 27.2 Å². The first-order valence-corrected chi connectivity index (χ1v) is 9.75. The Balaban J connectivity index is 1.44. The van der Waals surface area contributed by atoms with E-state index in [0.29, 0.717) is 25.4 Å². The van der Waals surface area contributed by atoms with Crippen LogP contribution >= 0.6 is 0 Å². The number of aliphatic imine (C=N–C) groups is 2. The molecule has 1 heterocycles. The number of amides is 1. The Morgan fingerprint density at radius 2 is 1.70 bits per heavy atom. The van der Waals surface area contributed by atoms with Gasteiger partial charge in [-0.3, -0.25) is 0 Å². The summed E-state index contributed by atoms with van der Waals surface area (Å²) < 4.78 is 5.41. The van der Waals surface area contributed by atoms with Crippen molar-refractivity contribution < 1.29 is 9.53 Å². The van der Waals surface area contributed by atoms with Gasteiger partial charge in [-0.15, -0.1) is 0 Å². The number of likely N-dealkylation sites (tertiary alicyclic amines) is 1. The molecule has 1 fully saturated rings. The molecule has 3 rings (SSSR count). The van der Waals surface area contributed by atoms with Gasteiger partial charge in [0.25, 0.3) is 0 Å². The van der Waals surface area contributed by atoms with Gasteiger partial charge < -0.3 is 32.2 Å². The minimum atomic E-state index is -0.266. The van der Waals surface area contributed by atoms with Crippen LogP contribution in [-0.4, -0.2) is 42.0 Å². The van der Waals surface area contributed by atoms with Gasteiger partial charge in [0.2, 0.25) is 5.96 Å². The lowest BCUT2D eigenvalue weighted by atomic mass is 10.0. The van der Waals surface area contributed by atoms with Crippen LogP contribution in [-0.2, 0) is 11.3 Å². The molecule has 0 unspecified atom stereocenters. The molecule has 1 aliphatic rings. The molecule has 9 heteroatoms. The lowest BCUT2D eigenvalue weighted by Gasteiger charge is -2.32. The number of guanidine groups is 2. The maximum Gasteiger partial charge on any atom is 0.410 e. The Morgan fingerprint density at radius 3 is 2.33 bits per heavy atom. The number of nitrogens with one attached hydrogen (secondary N) is 1. The molecule has 0 saturated carbocycles. The Bertz CT molecular complexity index is 885. The first kappa shape index (κ1) is 21.0. The third-order valence-electron chi connectivity index (χ3n) is 4.68. The van der Waals surface area contributed by atoms with Crippen LogP contribution in [0.3, 0.4) is 0 Å². The maximum atomic E-state index is 12.3. The molecule has 1 amide bonds. The number of hydrogen-bond acceptors (Lipinski definition) is 4. The standard InChI is InChI=1S/C21H27N7O2/c22-19(23)27-20(24)26-17-8-6-16(7-9-17)25-18-10-12-28(13-11-18)21(29)30-14-15-4-2-1-3-5-15/h1-9,18,25H,10-14H2,(H6,22,23,24,26,27). The second-order valence-corrected chi connectivity index (χ2v) is 7.00. The molecule has 2 aromatic carbocycles. The Morgan fingerprint density at radius 1 is 1.03 bits per heavy atom. The SMILES string of the molecule is NC(N)=NC(N)=Nc1ccc(NC2CCN(C(=O)OCc3ccccc3)CC2)cc1. The molecule has 0 radical (unpaired) electrons. The van der Waals surface area contributed by atoms with E-state index in [1.807, 2.05) is 54.6 Å². The van der Waals surface area contributed by atoms with E-state index in [0.717, 1.165) is 24.1 Å². The van der Waals surface area contributed by atoms with Gasteiger partial charge >= 0.3 is 6.09 Å². The van der Waals surface area contributed by atoms with Crippen LogP contribution in [0.15, 0.2) is 64.6 Å². The van der Waals surface area contributed by atoms with Crippen LogP contribution in [0.4, 0.5) is 16.2 Å². The highest BCUT2D eigenvalue weighted by Crippen LogP contribution is 2.20. The topological polar surface area (TPSA) is 144 Å². The van der Waals surface area contributed by atoms with Crippen LogP contribution in [0.5, 0.6) is 0 Å². The molecule has 158 valence electrons. The first-order valence-electron chi connectivity index (χ1n) is 9.75. The predicted molar refractivity (Wildman–Crippen MR) is 118 cm³/mol. The molecule has 7 N–H and O–H groups in total. The molecule has 0 bridgehead atoms. The summed E-state index contributed by atoms with van der Waals surface area (Å²) >= 11 is 0. The second-order valence-electron chi connectivity index (χ2n) is 7.00. The summed E-state index contributed by atoms with van der Waals surface area (Å²) in [7, 11) is 0. The van der Waals surface area contributed by atoms with E-state index < -0.39 is 0 Å². The fraction of sp³-hybridized carbons (Fsp3) is 0.286. The van der Waals surface area contributed by atoms with Gasteiger partial charge in [-0.2, -0.15) is 4.99 Å². The van der Waals surface area contributed by atoms with Gasteiger partial charge in [0.15, 0.2) is 5.96 Å². The van der Waals surface area contributed by atoms with Gasteiger partial charge in [0.1, 0.15) is 6.61 Å². The number of nitrogens with two attached hydrogens (primary N) is 3. The molecule has 9 nitrogen and oxygen atoms in total. The van der Waals surface area contributed by atoms with Crippen LogP contribution in [0.1, 0.15) is 18.4 Å². The molecule has 0 aliphatic carbocycles. The fourth-order valence-electron chi connectivity index (χ4n) is 3.17. The Kier molecular flexibility index (Phi) is 7.09. The minimum absolute atomic E-state index is 0.00207. The summed E-state index contributed by atoms with van der Waals surface area (Å²) in [5, 5.41) is 3.48. The largest absolute Gasteiger partial charge is 0.445 e. The van der Waals surface area contributed by atoms with Crippen LogP contribution in [0, 0.1) is 0 Å². The molecular weight excluding hydrogens is 382 g/mol. The molecule has 2 aromatic rings. The van der Waals surface area contributed by atoms with Crippen molar-refractivity contribution in [2.45, 2.75) is 25.5 Å². The summed E-state index contributed by atoms with van der Waals surface area (Å²) in [5.74, 6) is -0.132. The Hall–Kier alpha value is -3.75. The van der Waals surface area contributed by atoms with Crippen molar-refractivity contribution in [1.82, 2.24) is 4.90 Å². The number of carbonyl (C=O) groups is 1. The third kappa shape index (κ3) is 6.40. The van der Waals surface area contributed by atoms with E-state index in [2.05, 4.69) is 15.3 Å². The lowest BCUT2D eigenvalue weighted by molar-refractivity contribution is 0.0882. The third-order valence-corrected chi connectivity index (χ3v) is 4.68. The summed E-state index contributed by atoms with van der Waals surface area (Å²) in [5.41, 5.74) is 18.8. The molecule has 0 atom stereocenters. The van der Waals surface area contributed by atoms with Crippen molar-refractivity contribution in [1.29, 1.82) is 0 Å². The second kappa shape index (κ2) is 10.1. The van der Waals surface area contributed by atoms with E-state index in [1.54, 1.807) is 4.90 Å². The van der Waals surface area contributed by atoms with E-state index in [4.69, 9.17) is 21.9 Å². The van der Waals surface area contributed by atoms with Gasteiger partial charge in [-0.05, 0) is 42.7 Å². The van der Waals surface area contributed by atoms with Crippen molar-refractivity contribution >= 4 is 29.4 Å². The lowest BCUT2D eigenvalue weighted by Crippen LogP contribution is -2.42. The van der Waals surface area contributed by atoms with Gasteiger partial charge in [0.05, 0.1) is 5.69 Å². The molecule has 30 heavy (non-hydrogen) atoms. The summed E-state index contributed by atoms with van der Waals surface area (Å²) in [6.07, 6.45) is 1.42. The van der Waals surface area contributed by atoms with E-state index >= 15 is 0 Å². The molecule has 0 spiro atoms. The van der Waals surface area contributed by atoms with E-state index in [-0.39, 0.29) is 24.1 Å². The molecule has 0 aromatic heterocycles. The first-order chi connectivity index (χ1) is 14.5. The van der Waals surface area contributed by atoms with Crippen LogP contribution in [0.2, 0.25) is 0 Å². The van der Waals surface area contributed by atoms with E-state index in [9.17, 15) is 4.79 Å². The average molecular weight is 409 g/mol. The highest BCUT2D eigenvalue weighted by molar-refractivity contribution is 5.93. The molecule has 1 saturated heterocycles. The van der Waals surface area contributed by atoms with Crippen molar-refractivity contribution in [3.05, 3.63) is 60.2 Å². The number of nitrogens with zero attached hydrogens (tertiary/aromatic N) is 3. The van der Waals surface area contributed by atoms with E-state index in [1.165, 1.54) is 0 Å². The number of hydrogen-bond donors (Lipinski definition) is 4. The summed E-state index contributed by atoms with van der Waals surface area (Å²) in [6, 6.07) is 17.4. The number of anilines is 1. The number of piperidine rings is 1. The van der Waals surface area contributed by atoms with Crippen molar-refractivity contribution in [2.75, 3.05) is 18.4 Å². The average Bonchev–Trinajstić information content (AvgIpc) is 2.74. The van der Waals surface area contributed by atoms with Gasteiger partial charge in [0, 0.05) is 24.8 Å². The van der Waals surface area contributed by atoms with Crippen molar-refractivity contribution in [3.63, 3.8) is 0 Å². The zero-order chi connectivity index (χ0) is 21.3. The molecular formula is C21H27N7O2. The van der Waals surface area contributed by atoms with Gasteiger partial charge in [-0.25, -0.2) is 9.79 Å². The smallest absolute Gasteiger partial charge is 0.410 e. The zero-order valence-electron chi connectivity index (χ0n) is 16.7. The zero-order valence-corrected chi connectivity index (χ0v) is 16.7. The number of ether oxygens (including phenoxy) is 1. The summed E-state index contributed by atoms with van der Waals surface area (Å²) in [6.45, 7) is 1.60. The monoisotopic (exact) mass is 409 g/mol. The van der Waals surface area contributed by atoms with Gasteiger partial charge in [-0.1, -0.05) is 30.3 Å². The maximum absolute atomic E-state index is 12.3. The predicted octanol–water partition coefficient (Wildman–Crippen LogP) is 2.12. The number of benzene rings is 2. The summed E-state index contributed by atoms with van der Waals surface area (Å²) in [4.78, 5) is 21.8. The highest BCUT2D eigenvalue weighted by atomic mass is 16.6. The Labute approximate surface area is 175 Å². The van der Waals surface area contributed by atoms with Crippen LogP contribution < -0.4 is 22.5 Å². The number of rotatable bonds is 5. The fourth-order valence-corrected chi connectivity index (χ4v) is 3.17. The highest BCUT2D eigenvalue weighted by Gasteiger charge is 2.23. The number of carbonyl (C=O) groups excluding carboxylic acids is 1. The minimum Gasteiger partial charge on any atom is -0.445 e. The molecule has 1 aliphatic heterocycles. The normalized spacial score (nSPS) is 14.8. The van der Waals surface area contributed by atoms with Crippen LogP contribution in [0.25, 0.3) is 0 Å². The van der Waals surface area contributed by atoms with Crippen molar-refractivity contribution in [3.8, 4) is 0 Å².